The van der Waals surface area contributed by atoms with Gasteiger partial charge >= 0.3 is 0 Å². The van der Waals surface area contributed by atoms with E-state index < -0.39 is 10.0 Å². The van der Waals surface area contributed by atoms with Crippen LogP contribution in [-0.2, 0) is 19.6 Å². The Labute approximate surface area is 109 Å². The molecule has 0 bridgehead atoms. The van der Waals surface area contributed by atoms with Crippen LogP contribution < -0.4 is 0 Å². The molecule has 1 aliphatic heterocycles. The predicted octanol–water partition coefficient (Wildman–Crippen LogP) is -0.0931. The van der Waals surface area contributed by atoms with Crippen LogP contribution in [0.1, 0.15) is 19.8 Å². The Kier molecular flexibility index (Phi) is 6.04. The van der Waals surface area contributed by atoms with Crippen molar-refractivity contribution in [2.75, 3.05) is 45.6 Å². The van der Waals surface area contributed by atoms with E-state index in [2.05, 4.69) is 0 Å². The van der Waals surface area contributed by atoms with E-state index >= 15 is 0 Å². The highest BCUT2D eigenvalue weighted by molar-refractivity contribution is 7.88. The third kappa shape index (κ3) is 4.91. The quantitative estimate of drug-likeness (QED) is 0.681. The summed E-state index contributed by atoms with van der Waals surface area (Å²) in [6.07, 6.45) is 2.17. The lowest BCUT2D eigenvalue weighted by Crippen LogP contribution is -2.42. The van der Waals surface area contributed by atoms with Gasteiger partial charge in [0.05, 0.1) is 19.5 Å². The molecule has 0 aromatic rings. The molecule has 0 aliphatic carbocycles. The van der Waals surface area contributed by atoms with E-state index in [9.17, 15) is 13.2 Å². The van der Waals surface area contributed by atoms with E-state index in [0.717, 1.165) is 6.42 Å². The van der Waals surface area contributed by atoms with E-state index in [1.807, 2.05) is 6.92 Å². The molecule has 7 heteroatoms. The molecule has 106 valence electrons. The minimum absolute atomic E-state index is 0.00283. The number of carbonyl (C=O) groups is 1. The molecule has 0 saturated carbocycles. The summed E-state index contributed by atoms with van der Waals surface area (Å²) < 4.78 is 29.5. The van der Waals surface area contributed by atoms with Crippen LogP contribution in [0.5, 0.6) is 0 Å². The van der Waals surface area contributed by atoms with Gasteiger partial charge in [-0.25, -0.2) is 12.7 Å². The van der Waals surface area contributed by atoms with Crippen molar-refractivity contribution in [2.24, 2.45) is 0 Å². The van der Waals surface area contributed by atoms with Gasteiger partial charge in [0.15, 0.2) is 0 Å². The number of amides is 1. The van der Waals surface area contributed by atoms with Crippen LogP contribution in [0.3, 0.4) is 0 Å². The fraction of sp³-hybridized carbons (Fsp3) is 0.909. The fourth-order valence-electron chi connectivity index (χ4n) is 1.88. The molecule has 6 nitrogen and oxygen atoms in total. The Morgan fingerprint density at radius 2 is 1.89 bits per heavy atom. The normalized spacial score (nSPS) is 17.2. The maximum atomic E-state index is 11.9. The first kappa shape index (κ1) is 15.4. The highest BCUT2D eigenvalue weighted by Crippen LogP contribution is 2.05. The maximum Gasteiger partial charge on any atom is 0.224 e. The standard InChI is InChI=1S/C11H22N2O4S/c1-3-5-13(18(2,15)16)6-4-11(14)12-7-9-17-10-8-12/h3-10H2,1-2H3. The summed E-state index contributed by atoms with van der Waals surface area (Å²) in [6, 6.07) is 0. The number of nitrogens with zero attached hydrogens (tertiary/aromatic N) is 2. The number of hydrogen-bond donors (Lipinski definition) is 0. The average molecular weight is 278 g/mol. The summed E-state index contributed by atoms with van der Waals surface area (Å²) in [4.78, 5) is 13.6. The maximum absolute atomic E-state index is 11.9. The first-order valence-electron chi connectivity index (χ1n) is 6.25. The summed E-state index contributed by atoms with van der Waals surface area (Å²) in [5.41, 5.74) is 0. The van der Waals surface area contributed by atoms with Crippen molar-refractivity contribution in [3.8, 4) is 0 Å². The topological polar surface area (TPSA) is 66.9 Å². The molecule has 1 rings (SSSR count). The zero-order valence-electron chi connectivity index (χ0n) is 11.1. The van der Waals surface area contributed by atoms with Crippen LogP contribution in [0.4, 0.5) is 0 Å². The first-order valence-corrected chi connectivity index (χ1v) is 8.10. The third-order valence-electron chi connectivity index (χ3n) is 2.88. The van der Waals surface area contributed by atoms with Gasteiger partial charge in [-0.05, 0) is 6.42 Å². The van der Waals surface area contributed by atoms with Crippen molar-refractivity contribution in [1.29, 1.82) is 0 Å². The number of sulfonamides is 1. The van der Waals surface area contributed by atoms with Crippen LogP contribution in [-0.4, -0.2) is 69.2 Å². The summed E-state index contributed by atoms with van der Waals surface area (Å²) in [5, 5.41) is 0. The zero-order chi connectivity index (χ0) is 13.6. The molecule has 0 N–H and O–H groups in total. The van der Waals surface area contributed by atoms with Gasteiger partial charge in [-0.1, -0.05) is 6.92 Å². The number of rotatable bonds is 6. The van der Waals surface area contributed by atoms with Crippen molar-refractivity contribution in [3.05, 3.63) is 0 Å². The van der Waals surface area contributed by atoms with Crippen molar-refractivity contribution in [1.82, 2.24) is 9.21 Å². The van der Waals surface area contributed by atoms with Crippen LogP contribution in [0.15, 0.2) is 0 Å². The molecule has 0 aromatic carbocycles. The minimum Gasteiger partial charge on any atom is -0.378 e. The van der Waals surface area contributed by atoms with Crippen LogP contribution >= 0.6 is 0 Å². The second kappa shape index (κ2) is 7.06. The summed E-state index contributed by atoms with van der Waals surface area (Å²) in [5.74, 6) is 0.00283. The largest absolute Gasteiger partial charge is 0.378 e. The van der Waals surface area contributed by atoms with Crippen LogP contribution in [0, 0.1) is 0 Å². The van der Waals surface area contributed by atoms with Gasteiger partial charge in [0.2, 0.25) is 15.9 Å². The summed E-state index contributed by atoms with van der Waals surface area (Å²) in [7, 11) is -3.22. The summed E-state index contributed by atoms with van der Waals surface area (Å²) in [6.45, 7) is 4.99. The molecule has 1 fully saturated rings. The lowest BCUT2D eigenvalue weighted by molar-refractivity contribution is -0.135. The van der Waals surface area contributed by atoms with Crippen molar-refractivity contribution in [2.45, 2.75) is 19.8 Å². The van der Waals surface area contributed by atoms with Crippen LogP contribution in [0.25, 0.3) is 0 Å². The van der Waals surface area contributed by atoms with Gasteiger partial charge in [0.1, 0.15) is 0 Å². The monoisotopic (exact) mass is 278 g/mol. The fourth-order valence-corrected chi connectivity index (χ4v) is 2.82. The van der Waals surface area contributed by atoms with Gasteiger partial charge in [-0.3, -0.25) is 4.79 Å². The second-order valence-corrected chi connectivity index (χ2v) is 6.39. The highest BCUT2D eigenvalue weighted by atomic mass is 32.2. The molecule has 0 atom stereocenters. The van der Waals surface area contributed by atoms with E-state index in [-0.39, 0.29) is 18.9 Å². The Balaban J connectivity index is 2.43. The molecule has 0 spiro atoms. The molecule has 0 unspecified atom stereocenters. The Morgan fingerprint density at radius 3 is 2.39 bits per heavy atom. The SMILES string of the molecule is CCCN(CCC(=O)N1CCOCC1)S(C)(=O)=O. The smallest absolute Gasteiger partial charge is 0.224 e. The predicted molar refractivity (Wildman–Crippen MR) is 68.7 cm³/mol. The van der Waals surface area contributed by atoms with Crippen molar-refractivity contribution < 1.29 is 17.9 Å². The van der Waals surface area contributed by atoms with Gasteiger partial charge in [-0.2, -0.15) is 0 Å². The van der Waals surface area contributed by atoms with Crippen molar-refractivity contribution in [3.63, 3.8) is 0 Å². The minimum atomic E-state index is -3.22. The van der Waals surface area contributed by atoms with Gasteiger partial charge < -0.3 is 9.64 Å². The average Bonchev–Trinajstić information content (AvgIpc) is 2.33. The second-order valence-electron chi connectivity index (χ2n) is 4.41. The molecule has 1 saturated heterocycles. The Bertz CT molecular complexity index is 363. The molecule has 0 aromatic heterocycles. The molecule has 1 aliphatic rings. The molecular formula is C11H22N2O4S. The molecule has 1 amide bonds. The number of morpholine rings is 1. The first-order chi connectivity index (χ1) is 8.45. The van der Waals surface area contributed by atoms with Crippen molar-refractivity contribution >= 4 is 15.9 Å². The summed E-state index contributed by atoms with van der Waals surface area (Å²) >= 11 is 0. The molecular weight excluding hydrogens is 256 g/mol. The zero-order valence-corrected chi connectivity index (χ0v) is 11.9. The van der Waals surface area contributed by atoms with E-state index in [4.69, 9.17) is 4.74 Å². The Morgan fingerprint density at radius 1 is 1.28 bits per heavy atom. The molecule has 18 heavy (non-hydrogen) atoms. The number of ether oxygens (including phenoxy) is 1. The third-order valence-corrected chi connectivity index (χ3v) is 4.18. The lowest BCUT2D eigenvalue weighted by atomic mass is 10.3. The number of carbonyl (C=O) groups excluding carboxylic acids is 1. The van der Waals surface area contributed by atoms with Gasteiger partial charge in [0.25, 0.3) is 0 Å². The number of hydrogen-bond acceptors (Lipinski definition) is 4. The lowest BCUT2D eigenvalue weighted by Gasteiger charge is -2.28. The van der Waals surface area contributed by atoms with E-state index in [1.165, 1.54) is 10.6 Å². The van der Waals surface area contributed by atoms with Gasteiger partial charge in [-0.15, -0.1) is 0 Å². The Hall–Kier alpha value is -0.660. The van der Waals surface area contributed by atoms with E-state index in [0.29, 0.717) is 32.8 Å². The van der Waals surface area contributed by atoms with Crippen LogP contribution in [0.2, 0.25) is 0 Å². The van der Waals surface area contributed by atoms with E-state index in [1.54, 1.807) is 4.90 Å². The molecule has 0 radical (unpaired) electrons. The molecule has 1 heterocycles. The van der Waals surface area contributed by atoms with Gasteiger partial charge in [0, 0.05) is 32.6 Å². The highest BCUT2D eigenvalue weighted by Gasteiger charge is 2.20.